The number of carbonyl (C=O) groups is 3. The number of rotatable bonds is 9. The van der Waals surface area contributed by atoms with E-state index < -0.39 is 47.6 Å². The molecule has 0 bridgehead atoms. The number of likely N-dealkylation sites (tertiary alicyclic amines) is 1. The highest BCUT2D eigenvalue weighted by molar-refractivity contribution is 6.39. The number of piperidine rings is 1. The van der Waals surface area contributed by atoms with Crippen molar-refractivity contribution >= 4 is 17.7 Å². The summed E-state index contributed by atoms with van der Waals surface area (Å²) < 4.78 is 17.0. The number of carbonyl (C=O) groups excluding carboxylic acids is 3. The highest BCUT2D eigenvalue weighted by atomic mass is 16.6. The Labute approximate surface area is 232 Å². The molecule has 0 aromatic rings. The van der Waals surface area contributed by atoms with E-state index in [1.54, 1.807) is 14.0 Å². The molecule has 7 atom stereocenters. The van der Waals surface area contributed by atoms with Crippen molar-refractivity contribution in [3.63, 3.8) is 0 Å². The number of hydrogen-bond donors (Lipinski definition) is 2. The zero-order chi connectivity index (χ0) is 28.9. The van der Waals surface area contributed by atoms with Crippen molar-refractivity contribution in [1.29, 1.82) is 0 Å². The van der Waals surface area contributed by atoms with Crippen LogP contribution >= 0.6 is 0 Å². The molecule has 9 heteroatoms. The molecule has 1 amide bonds. The van der Waals surface area contributed by atoms with Gasteiger partial charge in [0.25, 0.3) is 11.7 Å². The summed E-state index contributed by atoms with van der Waals surface area (Å²) in [5.74, 6) is -5.17. The average Bonchev–Trinajstić information content (AvgIpc) is 2.91. The lowest BCUT2D eigenvalue weighted by molar-refractivity contribution is -0.269. The molecule has 39 heavy (non-hydrogen) atoms. The van der Waals surface area contributed by atoms with Crippen LogP contribution in [0.3, 0.4) is 0 Å². The van der Waals surface area contributed by atoms with Crippen LogP contribution in [0.4, 0.5) is 0 Å². The number of methoxy groups -OCH3 is 1. The Bertz CT molecular complexity index is 943. The van der Waals surface area contributed by atoms with Gasteiger partial charge >= 0.3 is 5.97 Å². The first kappa shape index (κ1) is 31.5. The van der Waals surface area contributed by atoms with Gasteiger partial charge in [0, 0.05) is 19.6 Å². The molecule has 2 fully saturated rings. The Morgan fingerprint density at radius 1 is 1.13 bits per heavy atom. The smallest absolute Gasteiger partial charge is 0.329 e. The predicted molar refractivity (Wildman–Crippen MR) is 145 cm³/mol. The molecule has 0 spiro atoms. The molecular weight excluding hydrogens is 502 g/mol. The van der Waals surface area contributed by atoms with E-state index in [1.807, 2.05) is 45.9 Å². The van der Waals surface area contributed by atoms with Gasteiger partial charge in [-0.1, -0.05) is 46.8 Å². The third kappa shape index (κ3) is 7.37. The quantitative estimate of drug-likeness (QED) is 0.332. The molecule has 3 aliphatic rings. The number of hydrogen-bond acceptors (Lipinski definition) is 8. The minimum Gasteiger partial charge on any atom is -0.456 e. The van der Waals surface area contributed by atoms with E-state index in [0.717, 1.165) is 12.0 Å². The van der Waals surface area contributed by atoms with Gasteiger partial charge in [0.1, 0.15) is 18.2 Å². The standard InChI is InChI=1S/C30H47NO8/c1-18(2)24(15-12-21-11-13-23(32)26(17-21)37-6)38-29(35)22-9-7-8-16-31(22)28(34)27(33)30(36)20(5)10-14-25(39-30)19(3)4/h12,15,17-20,22-26,32,36H,7-11,13-14,16H2,1-6H3/b15-12+. The van der Waals surface area contributed by atoms with Crippen molar-refractivity contribution in [1.82, 2.24) is 4.90 Å². The van der Waals surface area contributed by atoms with Gasteiger partial charge in [0.2, 0.25) is 5.79 Å². The van der Waals surface area contributed by atoms with Crippen LogP contribution in [-0.2, 0) is 28.6 Å². The van der Waals surface area contributed by atoms with Crippen LogP contribution in [0.1, 0.15) is 79.6 Å². The van der Waals surface area contributed by atoms with E-state index in [4.69, 9.17) is 14.2 Å². The van der Waals surface area contributed by atoms with Crippen molar-refractivity contribution in [3.05, 3.63) is 23.8 Å². The summed E-state index contributed by atoms with van der Waals surface area (Å²) in [7, 11) is 1.56. The average molecular weight is 550 g/mol. The number of aliphatic hydroxyl groups is 2. The summed E-state index contributed by atoms with van der Waals surface area (Å²) in [5.41, 5.74) is 0.989. The van der Waals surface area contributed by atoms with E-state index in [1.165, 1.54) is 4.90 Å². The molecule has 9 nitrogen and oxygen atoms in total. The molecule has 1 aliphatic carbocycles. The molecule has 0 saturated carbocycles. The molecule has 2 aliphatic heterocycles. The van der Waals surface area contributed by atoms with Gasteiger partial charge < -0.3 is 29.3 Å². The Morgan fingerprint density at radius 2 is 1.85 bits per heavy atom. The predicted octanol–water partition coefficient (Wildman–Crippen LogP) is 3.32. The first-order valence-corrected chi connectivity index (χ1v) is 14.4. The van der Waals surface area contributed by atoms with E-state index >= 15 is 0 Å². The summed E-state index contributed by atoms with van der Waals surface area (Å²) in [5, 5.41) is 21.3. The SMILES string of the molecule is COC1C=C(/C=C/C(OC(=O)C2CCCCN2C(=O)C(=O)C2(O)OC(C(C)C)CCC2C)C(C)C)CCC1O. The second-order valence-electron chi connectivity index (χ2n) is 12.0. The van der Waals surface area contributed by atoms with Crippen molar-refractivity contribution in [2.45, 2.75) is 116 Å². The minimum absolute atomic E-state index is 0.0299. The number of amides is 1. The van der Waals surface area contributed by atoms with E-state index in [2.05, 4.69) is 0 Å². The zero-order valence-electron chi connectivity index (χ0n) is 24.3. The fourth-order valence-electron chi connectivity index (χ4n) is 5.54. The highest BCUT2D eigenvalue weighted by Gasteiger charge is 2.53. The second-order valence-corrected chi connectivity index (χ2v) is 12.0. The molecule has 2 N–H and O–H groups in total. The fourth-order valence-corrected chi connectivity index (χ4v) is 5.54. The number of ketones is 1. The molecule has 0 aromatic carbocycles. The molecule has 0 aromatic heterocycles. The monoisotopic (exact) mass is 549 g/mol. The maximum Gasteiger partial charge on any atom is 0.329 e. The minimum atomic E-state index is -2.21. The van der Waals surface area contributed by atoms with Gasteiger partial charge in [0.05, 0.1) is 12.2 Å². The number of nitrogens with zero attached hydrogens (tertiary/aromatic N) is 1. The second kappa shape index (κ2) is 13.5. The number of ether oxygens (including phenoxy) is 3. The van der Waals surface area contributed by atoms with Crippen molar-refractivity contribution in [3.8, 4) is 0 Å². The van der Waals surface area contributed by atoms with Crippen LogP contribution in [0.15, 0.2) is 23.8 Å². The molecule has 7 unspecified atom stereocenters. The molecule has 220 valence electrons. The third-order valence-electron chi connectivity index (χ3n) is 8.35. The van der Waals surface area contributed by atoms with Crippen LogP contribution in [0.5, 0.6) is 0 Å². The molecule has 2 heterocycles. The normalized spacial score (nSPS) is 32.8. The van der Waals surface area contributed by atoms with Crippen LogP contribution in [0.2, 0.25) is 0 Å². The lowest BCUT2D eigenvalue weighted by atomic mass is 9.84. The molecule has 0 radical (unpaired) electrons. The lowest BCUT2D eigenvalue weighted by Crippen LogP contribution is -2.61. The zero-order valence-corrected chi connectivity index (χ0v) is 24.3. The third-order valence-corrected chi connectivity index (χ3v) is 8.35. The first-order chi connectivity index (χ1) is 18.4. The van der Waals surface area contributed by atoms with E-state index in [0.29, 0.717) is 38.5 Å². The summed E-state index contributed by atoms with van der Waals surface area (Å²) in [6.07, 6.45) is 8.10. The van der Waals surface area contributed by atoms with Gasteiger partial charge in [-0.2, -0.15) is 0 Å². The molecule has 2 saturated heterocycles. The van der Waals surface area contributed by atoms with Crippen LogP contribution in [-0.4, -0.2) is 82.7 Å². The Kier molecular flexibility index (Phi) is 10.9. The van der Waals surface area contributed by atoms with Crippen LogP contribution < -0.4 is 0 Å². The molecule has 3 rings (SSSR count). The Balaban J connectivity index is 1.73. The van der Waals surface area contributed by atoms with E-state index in [-0.39, 0.29) is 30.6 Å². The molecular formula is C30H47NO8. The maximum atomic E-state index is 13.5. The lowest BCUT2D eigenvalue weighted by Gasteiger charge is -2.43. The van der Waals surface area contributed by atoms with Crippen molar-refractivity contribution in [2.75, 3.05) is 13.7 Å². The fraction of sp³-hybridized carbons (Fsp3) is 0.767. The van der Waals surface area contributed by atoms with Crippen LogP contribution in [0, 0.1) is 17.8 Å². The number of aliphatic hydroxyl groups excluding tert-OH is 1. The maximum absolute atomic E-state index is 13.5. The largest absolute Gasteiger partial charge is 0.456 e. The van der Waals surface area contributed by atoms with Gasteiger partial charge in [-0.3, -0.25) is 9.59 Å². The summed E-state index contributed by atoms with van der Waals surface area (Å²) >= 11 is 0. The Hall–Kier alpha value is -2.07. The van der Waals surface area contributed by atoms with Gasteiger partial charge in [0.15, 0.2) is 0 Å². The summed E-state index contributed by atoms with van der Waals surface area (Å²) in [6, 6.07) is -0.907. The van der Waals surface area contributed by atoms with Crippen molar-refractivity contribution in [2.24, 2.45) is 17.8 Å². The van der Waals surface area contributed by atoms with E-state index in [9.17, 15) is 24.6 Å². The number of Topliss-reactive ketones (excluding diaryl/α,β-unsaturated/α-hetero) is 1. The summed E-state index contributed by atoms with van der Waals surface area (Å²) in [4.78, 5) is 41.5. The highest BCUT2D eigenvalue weighted by Crippen LogP contribution is 2.36. The first-order valence-electron chi connectivity index (χ1n) is 14.4. The van der Waals surface area contributed by atoms with Gasteiger partial charge in [-0.25, -0.2) is 4.79 Å². The number of esters is 1. The Morgan fingerprint density at radius 3 is 2.49 bits per heavy atom. The van der Waals surface area contributed by atoms with Crippen LogP contribution in [0.25, 0.3) is 0 Å². The van der Waals surface area contributed by atoms with Crippen molar-refractivity contribution < 1.29 is 38.8 Å². The number of allylic oxidation sites excluding steroid dienone is 2. The summed E-state index contributed by atoms with van der Waals surface area (Å²) in [6.45, 7) is 9.73. The van der Waals surface area contributed by atoms with Gasteiger partial charge in [-0.05, 0) is 68.4 Å². The van der Waals surface area contributed by atoms with Gasteiger partial charge in [-0.15, -0.1) is 0 Å². The topological polar surface area (TPSA) is 123 Å².